The predicted molar refractivity (Wildman–Crippen MR) is 38.3 cm³/mol. The Balaban J connectivity index is 2.28. The molecule has 2 nitrogen and oxygen atoms in total. The second-order valence-corrected chi connectivity index (χ2v) is 2.16. The van der Waals surface area contributed by atoms with Gasteiger partial charge in [0.2, 0.25) is 0 Å². The molecule has 0 saturated carbocycles. The molecule has 0 bridgehead atoms. The van der Waals surface area contributed by atoms with E-state index < -0.39 is 0 Å². The molecule has 1 aliphatic rings. The van der Waals surface area contributed by atoms with Crippen molar-refractivity contribution in [2.75, 3.05) is 13.1 Å². The van der Waals surface area contributed by atoms with Crippen molar-refractivity contribution in [3.63, 3.8) is 0 Å². The Bertz CT molecular complexity index is 137. The third-order valence-corrected chi connectivity index (χ3v) is 1.46. The van der Waals surface area contributed by atoms with Gasteiger partial charge in [-0.15, -0.1) is 0 Å². The number of nitrogens with zero attached hydrogens (tertiary/aromatic N) is 1. The van der Waals surface area contributed by atoms with Gasteiger partial charge in [0.05, 0.1) is 0 Å². The highest BCUT2D eigenvalue weighted by atomic mass is 14.9. The summed E-state index contributed by atoms with van der Waals surface area (Å²) in [6.07, 6.45) is 7.96. The van der Waals surface area contributed by atoms with Crippen molar-refractivity contribution in [3.05, 3.63) is 0 Å². The van der Waals surface area contributed by atoms with Gasteiger partial charge in [-0.05, 0) is 13.0 Å². The molecule has 1 rings (SSSR count). The van der Waals surface area contributed by atoms with Gasteiger partial charge in [0.25, 0.3) is 0 Å². The Kier molecular flexibility index (Phi) is 2.29. The van der Waals surface area contributed by atoms with Crippen LogP contribution in [0.4, 0.5) is 0 Å². The standard InChI is InChI=1S/C7H10N2/c1-2-8-5-7-3-4-9-6-7/h1,5,7,9H,3-4,6H2. The molecule has 0 spiro atoms. The summed E-state index contributed by atoms with van der Waals surface area (Å²) in [5.41, 5.74) is 0. The van der Waals surface area contributed by atoms with E-state index in [0.29, 0.717) is 5.92 Å². The number of rotatable bonds is 1. The highest BCUT2D eigenvalue weighted by Crippen LogP contribution is 2.02. The normalized spacial score (nSPS) is 26.8. The van der Waals surface area contributed by atoms with Crippen LogP contribution in [0, 0.1) is 18.4 Å². The highest BCUT2D eigenvalue weighted by molar-refractivity contribution is 5.62. The summed E-state index contributed by atoms with van der Waals surface area (Å²) in [5.74, 6) is 0.570. The van der Waals surface area contributed by atoms with E-state index in [1.54, 1.807) is 0 Å². The first-order valence-corrected chi connectivity index (χ1v) is 3.13. The average Bonchev–Trinajstić information content (AvgIpc) is 2.34. The van der Waals surface area contributed by atoms with Crippen LogP contribution in [-0.2, 0) is 0 Å². The Hall–Kier alpha value is -0.810. The topological polar surface area (TPSA) is 24.4 Å². The van der Waals surface area contributed by atoms with E-state index in [4.69, 9.17) is 6.42 Å². The van der Waals surface area contributed by atoms with Gasteiger partial charge in [-0.3, -0.25) is 0 Å². The second kappa shape index (κ2) is 3.26. The lowest BCUT2D eigenvalue weighted by Gasteiger charge is -1.93. The minimum atomic E-state index is 0.570. The monoisotopic (exact) mass is 122 g/mol. The van der Waals surface area contributed by atoms with Crippen LogP contribution in [0.15, 0.2) is 4.99 Å². The maximum Gasteiger partial charge on any atom is 0.0298 e. The Morgan fingerprint density at radius 3 is 3.22 bits per heavy atom. The number of aliphatic imine (C=N–C) groups is 1. The van der Waals surface area contributed by atoms with Crippen LogP contribution in [0.25, 0.3) is 0 Å². The molecule has 1 N–H and O–H groups in total. The van der Waals surface area contributed by atoms with Gasteiger partial charge in [-0.2, -0.15) is 0 Å². The maximum absolute atomic E-state index is 4.94. The van der Waals surface area contributed by atoms with Crippen molar-refractivity contribution in [1.82, 2.24) is 5.32 Å². The van der Waals surface area contributed by atoms with Gasteiger partial charge in [-0.1, -0.05) is 6.42 Å². The summed E-state index contributed by atoms with van der Waals surface area (Å²) in [5, 5.41) is 3.22. The SMILES string of the molecule is C#CN=CC1CCNC1. The van der Waals surface area contributed by atoms with Gasteiger partial charge in [-0.25, -0.2) is 4.99 Å². The largest absolute Gasteiger partial charge is 0.316 e. The molecule has 0 amide bonds. The molecule has 1 fully saturated rings. The highest BCUT2D eigenvalue weighted by Gasteiger charge is 2.10. The zero-order valence-corrected chi connectivity index (χ0v) is 5.30. The second-order valence-electron chi connectivity index (χ2n) is 2.16. The summed E-state index contributed by atoms with van der Waals surface area (Å²) in [7, 11) is 0. The van der Waals surface area contributed by atoms with Crippen LogP contribution in [-0.4, -0.2) is 19.3 Å². The molecule has 1 atom stereocenters. The van der Waals surface area contributed by atoms with Crippen molar-refractivity contribution >= 4 is 6.21 Å². The van der Waals surface area contributed by atoms with E-state index in [9.17, 15) is 0 Å². The zero-order valence-electron chi connectivity index (χ0n) is 5.30. The van der Waals surface area contributed by atoms with Crippen LogP contribution in [0.5, 0.6) is 0 Å². The molecule has 0 aromatic rings. The molecule has 2 heteroatoms. The summed E-state index contributed by atoms with van der Waals surface area (Å²) >= 11 is 0. The molecular formula is C7H10N2. The fraction of sp³-hybridized carbons (Fsp3) is 0.571. The molecule has 1 aliphatic heterocycles. The molecule has 9 heavy (non-hydrogen) atoms. The van der Waals surface area contributed by atoms with Gasteiger partial charge in [0, 0.05) is 24.7 Å². The average molecular weight is 122 g/mol. The lowest BCUT2D eigenvalue weighted by Crippen LogP contribution is -2.09. The summed E-state index contributed by atoms with van der Waals surface area (Å²) in [6, 6.07) is 2.24. The molecule has 0 aromatic heterocycles. The van der Waals surface area contributed by atoms with Gasteiger partial charge >= 0.3 is 0 Å². The third kappa shape index (κ3) is 1.87. The Morgan fingerprint density at radius 2 is 2.67 bits per heavy atom. The zero-order chi connectivity index (χ0) is 6.53. The fourth-order valence-electron chi connectivity index (χ4n) is 0.953. The smallest absolute Gasteiger partial charge is 0.0298 e. The lowest BCUT2D eigenvalue weighted by molar-refractivity contribution is 0.787. The van der Waals surface area contributed by atoms with Gasteiger partial charge in [0.1, 0.15) is 0 Å². The van der Waals surface area contributed by atoms with Crippen molar-refractivity contribution in [2.24, 2.45) is 10.9 Å². The van der Waals surface area contributed by atoms with Crippen molar-refractivity contribution < 1.29 is 0 Å². The van der Waals surface area contributed by atoms with Crippen LogP contribution in [0.2, 0.25) is 0 Å². The third-order valence-electron chi connectivity index (χ3n) is 1.46. The molecule has 1 unspecified atom stereocenters. The number of nitrogens with one attached hydrogen (secondary N) is 1. The van der Waals surface area contributed by atoms with Crippen molar-refractivity contribution in [2.45, 2.75) is 6.42 Å². The molecule has 0 radical (unpaired) electrons. The Morgan fingerprint density at radius 1 is 1.78 bits per heavy atom. The molecule has 0 aromatic carbocycles. The molecule has 48 valence electrons. The quantitative estimate of drug-likeness (QED) is 0.391. The first-order valence-electron chi connectivity index (χ1n) is 3.13. The number of hydrogen-bond donors (Lipinski definition) is 1. The minimum Gasteiger partial charge on any atom is -0.316 e. The summed E-state index contributed by atoms with van der Waals surface area (Å²) < 4.78 is 0. The van der Waals surface area contributed by atoms with Gasteiger partial charge in [0.15, 0.2) is 0 Å². The van der Waals surface area contributed by atoms with E-state index in [1.807, 2.05) is 6.21 Å². The number of terminal acetylenes is 1. The van der Waals surface area contributed by atoms with Crippen molar-refractivity contribution in [3.8, 4) is 12.5 Å². The van der Waals surface area contributed by atoms with Crippen LogP contribution >= 0.6 is 0 Å². The van der Waals surface area contributed by atoms with E-state index in [2.05, 4.69) is 16.4 Å². The first kappa shape index (κ1) is 6.31. The van der Waals surface area contributed by atoms with E-state index in [1.165, 1.54) is 6.42 Å². The van der Waals surface area contributed by atoms with Gasteiger partial charge < -0.3 is 5.32 Å². The molecule has 0 aliphatic carbocycles. The van der Waals surface area contributed by atoms with Crippen LogP contribution in [0.3, 0.4) is 0 Å². The first-order chi connectivity index (χ1) is 4.43. The van der Waals surface area contributed by atoms with Crippen LogP contribution in [0.1, 0.15) is 6.42 Å². The molecule has 1 saturated heterocycles. The molecule has 1 heterocycles. The summed E-state index contributed by atoms with van der Waals surface area (Å²) in [4.78, 5) is 3.72. The number of hydrogen-bond acceptors (Lipinski definition) is 2. The van der Waals surface area contributed by atoms with Crippen molar-refractivity contribution in [1.29, 1.82) is 0 Å². The molecular weight excluding hydrogens is 112 g/mol. The summed E-state index contributed by atoms with van der Waals surface area (Å²) in [6.45, 7) is 2.13. The predicted octanol–water partition coefficient (Wildman–Crippen LogP) is 0.257. The fourth-order valence-corrected chi connectivity index (χ4v) is 0.953. The minimum absolute atomic E-state index is 0.570. The maximum atomic E-state index is 4.94. The van der Waals surface area contributed by atoms with E-state index in [0.717, 1.165) is 13.1 Å². The van der Waals surface area contributed by atoms with E-state index >= 15 is 0 Å². The lowest BCUT2D eigenvalue weighted by atomic mass is 10.1. The Labute approximate surface area is 55.4 Å². The van der Waals surface area contributed by atoms with E-state index in [-0.39, 0.29) is 0 Å². The van der Waals surface area contributed by atoms with Crippen LogP contribution < -0.4 is 5.32 Å².